The van der Waals surface area contributed by atoms with E-state index in [1.54, 1.807) is 0 Å². The van der Waals surface area contributed by atoms with Crippen LogP contribution in [0.3, 0.4) is 0 Å². The highest BCUT2D eigenvalue weighted by Gasteiger charge is 2.29. The van der Waals surface area contributed by atoms with Crippen LogP contribution in [0.25, 0.3) is 0 Å². The molecular formula is C17H27NO. The summed E-state index contributed by atoms with van der Waals surface area (Å²) in [7, 11) is 0. The van der Waals surface area contributed by atoms with Gasteiger partial charge >= 0.3 is 0 Å². The van der Waals surface area contributed by atoms with Crippen molar-refractivity contribution < 1.29 is 4.74 Å². The van der Waals surface area contributed by atoms with Crippen LogP contribution in [0.1, 0.15) is 50.2 Å². The van der Waals surface area contributed by atoms with Crippen molar-refractivity contribution in [3.8, 4) is 0 Å². The summed E-state index contributed by atoms with van der Waals surface area (Å²) in [6.07, 6.45) is 4.76. The molecule has 0 heterocycles. The van der Waals surface area contributed by atoms with Crippen LogP contribution < -0.4 is 5.32 Å². The van der Waals surface area contributed by atoms with Gasteiger partial charge < -0.3 is 10.1 Å². The van der Waals surface area contributed by atoms with Gasteiger partial charge in [0, 0.05) is 18.6 Å². The quantitative estimate of drug-likeness (QED) is 0.723. The first-order valence-electron chi connectivity index (χ1n) is 7.75. The molecule has 0 radical (unpaired) electrons. The Kier molecular flexibility index (Phi) is 5.87. The second-order valence-corrected chi connectivity index (χ2v) is 5.48. The Hall–Kier alpha value is -0.860. The molecule has 1 aromatic rings. The predicted octanol–water partition coefficient (Wildman–Crippen LogP) is 3.51. The molecule has 1 N–H and O–H groups in total. The summed E-state index contributed by atoms with van der Waals surface area (Å²) in [5.41, 5.74) is 3.07. The van der Waals surface area contributed by atoms with Crippen molar-refractivity contribution in [1.29, 1.82) is 0 Å². The molecule has 0 bridgehead atoms. The van der Waals surface area contributed by atoms with Gasteiger partial charge in [-0.25, -0.2) is 0 Å². The van der Waals surface area contributed by atoms with Crippen LogP contribution in [0.5, 0.6) is 0 Å². The van der Waals surface area contributed by atoms with Crippen LogP contribution in [0.15, 0.2) is 24.3 Å². The van der Waals surface area contributed by atoms with Gasteiger partial charge in [0.2, 0.25) is 0 Å². The number of fused-ring (bicyclic) bond motifs is 1. The van der Waals surface area contributed by atoms with E-state index in [2.05, 4.69) is 43.4 Å². The van der Waals surface area contributed by atoms with Crippen LogP contribution in [0.2, 0.25) is 0 Å². The molecule has 2 atom stereocenters. The van der Waals surface area contributed by atoms with E-state index in [-0.39, 0.29) is 0 Å². The number of nitrogens with one attached hydrogen (secondary N) is 1. The third kappa shape index (κ3) is 3.80. The average Bonchev–Trinajstić information content (AvgIpc) is 2.87. The van der Waals surface area contributed by atoms with E-state index in [0.29, 0.717) is 12.0 Å². The monoisotopic (exact) mass is 261 g/mol. The summed E-state index contributed by atoms with van der Waals surface area (Å²) in [5, 5.41) is 3.69. The molecule has 0 aliphatic heterocycles. The molecule has 106 valence electrons. The molecule has 1 aliphatic carbocycles. The van der Waals surface area contributed by atoms with Crippen molar-refractivity contribution in [1.82, 2.24) is 5.32 Å². The summed E-state index contributed by atoms with van der Waals surface area (Å²) in [6.45, 7) is 7.18. The number of rotatable bonds is 8. The van der Waals surface area contributed by atoms with Gasteiger partial charge in [0.25, 0.3) is 0 Å². The average molecular weight is 261 g/mol. The van der Waals surface area contributed by atoms with Crippen molar-refractivity contribution in [2.45, 2.75) is 51.5 Å². The number of benzene rings is 1. The number of aryl methyl sites for hydroxylation is 1. The fraction of sp³-hybridized carbons (Fsp3) is 0.647. The molecule has 2 rings (SSSR count). The third-order valence-corrected chi connectivity index (χ3v) is 3.97. The van der Waals surface area contributed by atoms with Crippen LogP contribution in [0.4, 0.5) is 0 Å². The van der Waals surface area contributed by atoms with Gasteiger partial charge in [-0.05, 0) is 43.4 Å². The molecule has 2 unspecified atom stereocenters. The molecule has 0 amide bonds. The Labute approximate surface area is 117 Å². The second kappa shape index (κ2) is 7.66. The van der Waals surface area contributed by atoms with Crippen molar-refractivity contribution in [3.63, 3.8) is 0 Å². The first kappa shape index (κ1) is 14.5. The summed E-state index contributed by atoms with van der Waals surface area (Å²) < 4.78 is 5.81. The van der Waals surface area contributed by atoms with Gasteiger partial charge in [0.1, 0.15) is 0 Å². The normalized spacial score (nSPS) is 19.4. The van der Waals surface area contributed by atoms with Gasteiger partial charge in [-0.3, -0.25) is 0 Å². The smallest absolute Gasteiger partial charge is 0.0625 e. The lowest BCUT2D eigenvalue weighted by Gasteiger charge is -2.25. The lowest BCUT2D eigenvalue weighted by atomic mass is 9.93. The second-order valence-electron chi connectivity index (χ2n) is 5.48. The Bertz CT molecular complexity index is 377. The van der Waals surface area contributed by atoms with Gasteiger partial charge in [-0.15, -0.1) is 0 Å². The van der Waals surface area contributed by atoms with E-state index in [1.165, 1.54) is 30.4 Å². The summed E-state index contributed by atoms with van der Waals surface area (Å²) in [5.74, 6) is 0.625. The van der Waals surface area contributed by atoms with E-state index in [9.17, 15) is 0 Å². The molecule has 0 spiro atoms. The highest BCUT2D eigenvalue weighted by Crippen LogP contribution is 2.35. The number of ether oxygens (including phenoxy) is 1. The topological polar surface area (TPSA) is 21.3 Å². The summed E-state index contributed by atoms with van der Waals surface area (Å²) >= 11 is 0. The SMILES string of the molecule is CCCNC(COCCC)C1CCc2ccccc21. The minimum Gasteiger partial charge on any atom is -0.380 e. The number of hydrogen-bond acceptors (Lipinski definition) is 2. The van der Waals surface area contributed by atoms with Gasteiger partial charge in [-0.1, -0.05) is 38.1 Å². The minimum atomic E-state index is 0.468. The largest absolute Gasteiger partial charge is 0.380 e. The van der Waals surface area contributed by atoms with Crippen molar-refractivity contribution in [2.75, 3.05) is 19.8 Å². The van der Waals surface area contributed by atoms with Crippen molar-refractivity contribution in [2.24, 2.45) is 0 Å². The summed E-state index contributed by atoms with van der Waals surface area (Å²) in [6, 6.07) is 9.37. The third-order valence-electron chi connectivity index (χ3n) is 3.97. The Morgan fingerprint density at radius 1 is 1.26 bits per heavy atom. The molecule has 0 saturated heterocycles. The first-order chi connectivity index (χ1) is 9.36. The molecule has 1 aliphatic rings. The van der Waals surface area contributed by atoms with E-state index in [1.807, 2.05) is 0 Å². The Morgan fingerprint density at radius 3 is 2.89 bits per heavy atom. The molecule has 19 heavy (non-hydrogen) atoms. The minimum absolute atomic E-state index is 0.468. The van der Waals surface area contributed by atoms with E-state index in [4.69, 9.17) is 4.74 Å². The molecule has 0 aromatic heterocycles. The highest BCUT2D eigenvalue weighted by molar-refractivity contribution is 5.36. The van der Waals surface area contributed by atoms with E-state index >= 15 is 0 Å². The van der Waals surface area contributed by atoms with Gasteiger partial charge in [-0.2, -0.15) is 0 Å². The lowest BCUT2D eigenvalue weighted by molar-refractivity contribution is 0.104. The predicted molar refractivity (Wildman–Crippen MR) is 80.7 cm³/mol. The van der Waals surface area contributed by atoms with Crippen LogP contribution in [-0.2, 0) is 11.2 Å². The van der Waals surface area contributed by atoms with E-state index < -0.39 is 0 Å². The standard InChI is InChI=1S/C17H27NO/c1-3-11-18-17(13-19-12-4-2)16-10-9-14-7-5-6-8-15(14)16/h5-8,16-18H,3-4,9-13H2,1-2H3. The zero-order valence-electron chi connectivity index (χ0n) is 12.3. The van der Waals surface area contributed by atoms with Crippen LogP contribution >= 0.6 is 0 Å². The molecular weight excluding hydrogens is 234 g/mol. The summed E-state index contributed by atoms with van der Waals surface area (Å²) in [4.78, 5) is 0. The zero-order valence-corrected chi connectivity index (χ0v) is 12.3. The Morgan fingerprint density at radius 2 is 2.11 bits per heavy atom. The maximum absolute atomic E-state index is 5.81. The van der Waals surface area contributed by atoms with Gasteiger partial charge in [0.05, 0.1) is 6.61 Å². The van der Waals surface area contributed by atoms with Crippen LogP contribution in [0, 0.1) is 0 Å². The molecule has 2 nitrogen and oxygen atoms in total. The van der Waals surface area contributed by atoms with Gasteiger partial charge in [0.15, 0.2) is 0 Å². The molecule has 0 fully saturated rings. The number of hydrogen-bond donors (Lipinski definition) is 1. The molecule has 1 aromatic carbocycles. The van der Waals surface area contributed by atoms with Crippen molar-refractivity contribution >= 4 is 0 Å². The molecule has 0 saturated carbocycles. The first-order valence-corrected chi connectivity index (χ1v) is 7.75. The lowest BCUT2D eigenvalue weighted by Crippen LogP contribution is -2.38. The fourth-order valence-corrected chi connectivity index (χ4v) is 3.01. The maximum atomic E-state index is 5.81. The Balaban J connectivity index is 2.01. The molecule has 2 heteroatoms. The highest BCUT2D eigenvalue weighted by atomic mass is 16.5. The van der Waals surface area contributed by atoms with Crippen molar-refractivity contribution in [3.05, 3.63) is 35.4 Å². The van der Waals surface area contributed by atoms with Crippen LogP contribution in [-0.4, -0.2) is 25.8 Å². The maximum Gasteiger partial charge on any atom is 0.0625 e. The fourth-order valence-electron chi connectivity index (χ4n) is 3.01. The van der Waals surface area contributed by atoms with E-state index in [0.717, 1.165) is 26.2 Å². The zero-order chi connectivity index (χ0) is 13.5.